The molecule has 6 N–H and O–H groups in total. The van der Waals surface area contributed by atoms with Gasteiger partial charge in [0.25, 0.3) is 0 Å². The van der Waals surface area contributed by atoms with E-state index >= 15 is 0 Å². The average molecular weight is 291 g/mol. The minimum absolute atomic E-state index is 0. The van der Waals surface area contributed by atoms with Gasteiger partial charge in [-0.2, -0.15) is 0 Å². The number of hydrogen-bond donors (Lipinski definition) is 4. The van der Waals surface area contributed by atoms with Gasteiger partial charge in [-0.3, -0.25) is 5.41 Å². The van der Waals surface area contributed by atoms with Crippen molar-refractivity contribution in [2.45, 2.75) is 18.9 Å². The summed E-state index contributed by atoms with van der Waals surface area (Å²) in [6.07, 6.45) is 0.872. The summed E-state index contributed by atoms with van der Waals surface area (Å²) in [6.45, 7) is 0.455. The standard InChI is InChI=1S/C6H14N4O2.2ClH.2Na/c7-4(5(11)12)2-1-3-10-6(8)9;;;;/h4H,1-3,7H2,(H,11,12)(H4,8,9,10);2*1H;;/q;;;2*+1/p-2/t4-;;;;/m0..../s1. The zero-order chi connectivity index (χ0) is 9.56. The van der Waals surface area contributed by atoms with Crippen molar-refractivity contribution in [3.8, 4) is 0 Å². The normalized spacial score (nSPS) is 9.06. The van der Waals surface area contributed by atoms with E-state index in [9.17, 15) is 9.90 Å². The van der Waals surface area contributed by atoms with Gasteiger partial charge in [-0.15, -0.1) is 12.4 Å². The molecule has 0 aromatic heterocycles. The molecule has 0 aromatic rings. The fraction of sp³-hybridized carbons (Fsp3) is 0.667. The number of rotatable bonds is 5. The maximum Gasteiger partial charge on any atom is 1.00 e. The number of carbonyl (C=O) groups is 1. The van der Waals surface area contributed by atoms with Crippen LogP contribution in [0.25, 0.3) is 0 Å². The first-order chi connectivity index (χ1) is 5.54. The number of carbonyl (C=O) groups excluding carboxylic acids is 1. The number of aliphatic carboxylic acids is 1. The Morgan fingerprint density at radius 1 is 1.44 bits per heavy atom. The summed E-state index contributed by atoms with van der Waals surface area (Å²) in [5.74, 6) is -1.38. The second kappa shape index (κ2) is 18.6. The second-order valence-electron chi connectivity index (χ2n) is 2.41. The largest absolute Gasteiger partial charge is 1.00 e. The molecule has 0 bridgehead atoms. The number of carboxylic acids is 1. The van der Waals surface area contributed by atoms with E-state index in [-0.39, 0.29) is 89.9 Å². The fourth-order valence-corrected chi connectivity index (χ4v) is 0.663. The van der Waals surface area contributed by atoms with Crippen LogP contribution in [-0.4, -0.2) is 24.5 Å². The van der Waals surface area contributed by atoms with Crippen molar-refractivity contribution < 1.29 is 81.4 Å². The summed E-state index contributed by atoms with van der Waals surface area (Å²) in [6, 6.07) is -0.932. The molecule has 0 aliphatic heterocycles. The molecule has 0 amide bonds. The van der Waals surface area contributed by atoms with E-state index in [1.165, 1.54) is 0 Å². The third-order valence-electron chi connectivity index (χ3n) is 1.31. The quantitative estimate of drug-likeness (QED) is 0.173. The molecule has 0 fully saturated rings. The van der Waals surface area contributed by atoms with Gasteiger partial charge in [0.15, 0.2) is 5.96 Å². The van der Waals surface area contributed by atoms with Gasteiger partial charge >= 0.3 is 59.1 Å². The zero-order valence-corrected chi connectivity index (χ0v) is 15.0. The molecular weight excluding hydrogens is 277 g/mol. The van der Waals surface area contributed by atoms with Crippen LogP contribution in [0.5, 0.6) is 0 Å². The molecular formula is C6H14Cl2N4Na2O2. The van der Waals surface area contributed by atoms with Crippen LogP contribution in [0, 0.1) is 5.41 Å². The second-order valence-corrected chi connectivity index (χ2v) is 2.41. The molecule has 6 nitrogen and oxygen atoms in total. The summed E-state index contributed by atoms with van der Waals surface area (Å²) in [7, 11) is 0. The predicted molar refractivity (Wildman–Crippen MR) is 49.4 cm³/mol. The van der Waals surface area contributed by atoms with Gasteiger partial charge in [-0.25, -0.2) is 0 Å². The van der Waals surface area contributed by atoms with Crippen LogP contribution in [0.15, 0.2) is 0 Å². The third kappa shape index (κ3) is 20.7. The van der Waals surface area contributed by atoms with Gasteiger partial charge in [0.2, 0.25) is 0 Å². The number of nitrogens with two attached hydrogens (primary N) is 2. The molecule has 10 heteroatoms. The molecule has 0 unspecified atom stereocenters. The van der Waals surface area contributed by atoms with E-state index in [0.717, 1.165) is 0 Å². The van der Waals surface area contributed by atoms with Crippen LogP contribution in [-0.2, 0) is 4.79 Å². The first-order valence-electron chi connectivity index (χ1n) is 3.58. The Bertz CT molecular complexity index is 188. The minimum atomic E-state index is -1.25. The molecule has 16 heavy (non-hydrogen) atoms. The summed E-state index contributed by atoms with van der Waals surface area (Å²) in [4.78, 5) is 10.1. The smallest absolute Gasteiger partial charge is 1.00 e. The number of hydrogen-bond acceptors (Lipinski definition) is 4. The SMILES string of the molecule is Cl.N=C(N)NCCC[C@H](N)C(=O)[O-].[Cl-].[Na+].[Na+]. The number of halogens is 2. The Hall–Kier alpha value is 1.28. The summed E-state index contributed by atoms with van der Waals surface area (Å²) in [5, 5.41) is 19.4. The summed E-state index contributed by atoms with van der Waals surface area (Å²) < 4.78 is 0. The topological polar surface area (TPSA) is 128 Å². The van der Waals surface area contributed by atoms with Crippen LogP contribution in [0.1, 0.15) is 12.8 Å². The molecule has 0 saturated carbocycles. The molecule has 86 valence electrons. The van der Waals surface area contributed by atoms with E-state index in [0.29, 0.717) is 19.4 Å². The Morgan fingerprint density at radius 3 is 2.19 bits per heavy atom. The molecule has 0 rings (SSSR count). The molecule has 0 saturated heterocycles. The summed E-state index contributed by atoms with van der Waals surface area (Å²) in [5.41, 5.74) is 10.1. The average Bonchev–Trinajstić information content (AvgIpc) is 1.97. The summed E-state index contributed by atoms with van der Waals surface area (Å²) >= 11 is 0. The third-order valence-corrected chi connectivity index (χ3v) is 1.31. The zero-order valence-electron chi connectivity index (χ0n) is 9.46. The molecule has 0 heterocycles. The van der Waals surface area contributed by atoms with Gasteiger partial charge in [0.05, 0.1) is 5.97 Å². The van der Waals surface area contributed by atoms with Gasteiger partial charge in [-0.05, 0) is 12.8 Å². The van der Waals surface area contributed by atoms with Crippen LogP contribution in [0.4, 0.5) is 0 Å². The number of nitrogens with one attached hydrogen (secondary N) is 2. The van der Waals surface area contributed by atoms with Crippen molar-refractivity contribution in [1.82, 2.24) is 5.32 Å². The predicted octanol–water partition coefficient (Wildman–Crippen LogP) is -11.2. The van der Waals surface area contributed by atoms with Crippen LogP contribution >= 0.6 is 12.4 Å². The molecule has 0 aromatic carbocycles. The Balaban J connectivity index is -0.000000101. The van der Waals surface area contributed by atoms with Crippen LogP contribution in [0.3, 0.4) is 0 Å². The monoisotopic (exact) mass is 290 g/mol. The maximum absolute atomic E-state index is 10.1. The first-order valence-corrected chi connectivity index (χ1v) is 3.58. The van der Waals surface area contributed by atoms with E-state index in [1.807, 2.05) is 0 Å². The van der Waals surface area contributed by atoms with Crippen molar-refractivity contribution in [3.05, 3.63) is 0 Å². The van der Waals surface area contributed by atoms with E-state index in [1.54, 1.807) is 0 Å². The van der Waals surface area contributed by atoms with Gasteiger partial charge in [-0.1, -0.05) is 0 Å². The van der Waals surface area contributed by atoms with Crippen molar-refractivity contribution in [3.63, 3.8) is 0 Å². The molecule has 0 aliphatic rings. The van der Waals surface area contributed by atoms with E-state index < -0.39 is 12.0 Å². The Kier molecular flexibility index (Phi) is 35.4. The molecule has 0 radical (unpaired) electrons. The van der Waals surface area contributed by atoms with Crippen molar-refractivity contribution >= 4 is 24.3 Å². The fourth-order valence-electron chi connectivity index (χ4n) is 0.663. The van der Waals surface area contributed by atoms with Crippen LogP contribution in [0.2, 0.25) is 0 Å². The Morgan fingerprint density at radius 2 is 1.88 bits per heavy atom. The molecule has 0 spiro atoms. The van der Waals surface area contributed by atoms with E-state index in [4.69, 9.17) is 16.9 Å². The van der Waals surface area contributed by atoms with Gasteiger partial charge < -0.3 is 39.1 Å². The molecule has 1 atom stereocenters. The van der Waals surface area contributed by atoms with E-state index in [2.05, 4.69) is 5.32 Å². The van der Waals surface area contributed by atoms with Crippen molar-refractivity contribution in [1.29, 1.82) is 5.41 Å². The minimum Gasteiger partial charge on any atom is -1.00 e. The van der Waals surface area contributed by atoms with Crippen LogP contribution < -0.4 is 93.4 Å². The van der Waals surface area contributed by atoms with Crippen molar-refractivity contribution in [2.24, 2.45) is 11.5 Å². The van der Waals surface area contributed by atoms with Gasteiger partial charge in [0.1, 0.15) is 0 Å². The van der Waals surface area contributed by atoms with Crippen molar-refractivity contribution in [2.75, 3.05) is 6.54 Å². The first kappa shape index (κ1) is 30.4. The maximum atomic E-state index is 10.1. The van der Waals surface area contributed by atoms with Gasteiger partial charge in [0, 0.05) is 12.6 Å². The number of carboxylic acid groups (broad SMARTS) is 1. The number of guanidine groups is 1. The molecule has 0 aliphatic carbocycles. The Labute approximate surface area is 152 Å².